The zero-order valence-electron chi connectivity index (χ0n) is 9.15. The Labute approximate surface area is 95.9 Å². The second kappa shape index (κ2) is 5.52. The van der Waals surface area contributed by atoms with Gasteiger partial charge in [0.05, 0.1) is 0 Å². The number of nitrogens with one attached hydrogen (secondary N) is 1. The van der Waals surface area contributed by atoms with Crippen molar-refractivity contribution in [2.75, 3.05) is 11.5 Å². The molecule has 2 nitrogen and oxygen atoms in total. The van der Waals surface area contributed by atoms with Crippen molar-refractivity contribution in [1.29, 1.82) is 0 Å². The highest BCUT2D eigenvalue weighted by Crippen LogP contribution is 2.22. The number of nitrogens with zero attached hydrogens (tertiary/aromatic N) is 1. The van der Waals surface area contributed by atoms with Crippen molar-refractivity contribution < 1.29 is 0 Å². The largest absolute Gasteiger partial charge is 0.306 e. The van der Waals surface area contributed by atoms with Gasteiger partial charge in [0.2, 0.25) is 0 Å². The van der Waals surface area contributed by atoms with Gasteiger partial charge in [0.1, 0.15) is 0 Å². The summed E-state index contributed by atoms with van der Waals surface area (Å²) in [6, 6.07) is 5.43. The molecule has 0 radical (unpaired) electrons. The lowest BCUT2D eigenvalue weighted by atomic mass is 10.0. The van der Waals surface area contributed by atoms with Crippen LogP contribution in [-0.2, 0) is 0 Å². The highest BCUT2D eigenvalue weighted by molar-refractivity contribution is 7.99. The monoisotopic (exact) mass is 222 g/mol. The van der Waals surface area contributed by atoms with Crippen molar-refractivity contribution in [2.45, 2.75) is 31.8 Å². The molecular weight excluding hydrogens is 204 g/mol. The van der Waals surface area contributed by atoms with Gasteiger partial charge in [-0.25, -0.2) is 0 Å². The number of aromatic nitrogens is 1. The maximum atomic E-state index is 4.06. The normalized spacial score (nSPS) is 22.9. The van der Waals surface area contributed by atoms with Crippen molar-refractivity contribution in [1.82, 2.24) is 10.3 Å². The summed E-state index contributed by atoms with van der Waals surface area (Å²) < 4.78 is 0. The third kappa shape index (κ3) is 2.95. The maximum absolute atomic E-state index is 4.06. The molecule has 1 fully saturated rings. The minimum atomic E-state index is 0.497. The molecule has 82 valence electrons. The fraction of sp³-hybridized carbons (Fsp3) is 0.583. The highest BCUT2D eigenvalue weighted by atomic mass is 32.2. The molecule has 2 rings (SSSR count). The van der Waals surface area contributed by atoms with E-state index in [1.165, 1.54) is 23.5 Å². The second-order valence-electron chi connectivity index (χ2n) is 3.97. The number of rotatable bonds is 4. The first kappa shape index (κ1) is 11.0. The smallest absolute Gasteiger partial charge is 0.0321 e. The average Bonchev–Trinajstić information content (AvgIpc) is 2.80. The molecule has 1 aliphatic heterocycles. The van der Waals surface area contributed by atoms with E-state index in [1.54, 1.807) is 0 Å². The molecule has 1 aromatic rings. The van der Waals surface area contributed by atoms with Crippen molar-refractivity contribution in [3.05, 3.63) is 30.1 Å². The van der Waals surface area contributed by atoms with Crippen LogP contribution in [0, 0.1) is 0 Å². The summed E-state index contributed by atoms with van der Waals surface area (Å²) in [5, 5.41) is 3.73. The van der Waals surface area contributed by atoms with Crippen molar-refractivity contribution >= 4 is 11.8 Å². The van der Waals surface area contributed by atoms with Gasteiger partial charge in [-0.1, -0.05) is 6.92 Å². The number of hydrogen-bond donors (Lipinski definition) is 1. The van der Waals surface area contributed by atoms with Crippen LogP contribution in [0.5, 0.6) is 0 Å². The van der Waals surface area contributed by atoms with Crippen LogP contribution in [-0.4, -0.2) is 22.5 Å². The molecule has 0 aromatic carbocycles. The van der Waals surface area contributed by atoms with Crippen LogP contribution in [0.25, 0.3) is 0 Å². The topological polar surface area (TPSA) is 24.9 Å². The summed E-state index contributed by atoms with van der Waals surface area (Å²) in [7, 11) is 0. The summed E-state index contributed by atoms with van der Waals surface area (Å²) in [6.07, 6.45) is 6.21. The van der Waals surface area contributed by atoms with E-state index in [1.807, 2.05) is 12.4 Å². The molecule has 2 atom stereocenters. The van der Waals surface area contributed by atoms with Gasteiger partial charge >= 0.3 is 0 Å². The SMILES string of the molecule is CCC(NC1CCSC1)c1ccncc1. The van der Waals surface area contributed by atoms with Crippen LogP contribution in [0.4, 0.5) is 0 Å². The van der Waals surface area contributed by atoms with E-state index < -0.39 is 0 Å². The molecule has 1 N–H and O–H groups in total. The molecule has 2 heterocycles. The van der Waals surface area contributed by atoms with Crippen LogP contribution in [0.1, 0.15) is 31.4 Å². The van der Waals surface area contributed by atoms with E-state index in [-0.39, 0.29) is 0 Å². The lowest BCUT2D eigenvalue weighted by Crippen LogP contribution is -2.32. The molecule has 0 saturated carbocycles. The summed E-state index contributed by atoms with van der Waals surface area (Å²) >= 11 is 2.05. The minimum absolute atomic E-state index is 0.497. The Morgan fingerprint density at radius 3 is 2.93 bits per heavy atom. The van der Waals surface area contributed by atoms with Gasteiger partial charge in [-0.05, 0) is 36.3 Å². The van der Waals surface area contributed by atoms with Crippen LogP contribution in [0.2, 0.25) is 0 Å². The molecule has 1 saturated heterocycles. The van der Waals surface area contributed by atoms with Crippen LogP contribution < -0.4 is 5.32 Å². The summed E-state index contributed by atoms with van der Waals surface area (Å²) in [4.78, 5) is 4.06. The molecule has 0 bridgehead atoms. The van der Waals surface area contributed by atoms with Gasteiger partial charge in [-0.3, -0.25) is 4.98 Å². The molecule has 15 heavy (non-hydrogen) atoms. The zero-order valence-corrected chi connectivity index (χ0v) is 9.96. The van der Waals surface area contributed by atoms with Gasteiger partial charge in [-0.15, -0.1) is 0 Å². The molecular formula is C12H18N2S. The van der Waals surface area contributed by atoms with E-state index in [0.29, 0.717) is 12.1 Å². The fourth-order valence-electron chi connectivity index (χ4n) is 2.00. The van der Waals surface area contributed by atoms with E-state index in [0.717, 1.165) is 6.42 Å². The van der Waals surface area contributed by atoms with Crippen LogP contribution >= 0.6 is 11.8 Å². The molecule has 0 aliphatic carbocycles. The molecule has 1 aromatic heterocycles. The third-order valence-corrected chi connectivity index (χ3v) is 4.05. The second-order valence-corrected chi connectivity index (χ2v) is 5.12. The lowest BCUT2D eigenvalue weighted by molar-refractivity contribution is 0.450. The van der Waals surface area contributed by atoms with Gasteiger partial charge < -0.3 is 5.32 Å². The quantitative estimate of drug-likeness (QED) is 0.847. The molecule has 0 spiro atoms. The Hall–Kier alpha value is -0.540. The summed E-state index contributed by atoms with van der Waals surface area (Å²) in [6.45, 7) is 2.24. The molecule has 2 unspecified atom stereocenters. The van der Waals surface area contributed by atoms with Gasteiger partial charge in [0, 0.05) is 30.2 Å². The van der Waals surface area contributed by atoms with Crippen molar-refractivity contribution in [3.63, 3.8) is 0 Å². The summed E-state index contributed by atoms with van der Waals surface area (Å²) in [5.41, 5.74) is 1.37. The molecule has 0 amide bonds. The van der Waals surface area contributed by atoms with Gasteiger partial charge in [-0.2, -0.15) is 11.8 Å². The van der Waals surface area contributed by atoms with Crippen molar-refractivity contribution in [3.8, 4) is 0 Å². The van der Waals surface area contributed by atoms with Crippen molar-refractivity contribution in [2.24, 2.45) is 0 Å². The first-order valence-corrected chi connectivity index (χ1v) is 6.79. The third-order valence-electron chi connectivity index (χ3n) is 2.88. The number of hydrogen-bond acceptors (Lipinski definition) is 3. The molecule has 3 heteroatoms. The Bertz CT molecular complexity index is 283. The minimum Gasteiger partial charge on any atom is -0.306 e. The predicted octanol–water partition coefficient (Wildman–Crippen LogP) is 2.63. The first-order valence-electron chi connectivity index (χ1n) is 5.64. The first-order chi connectivity index (χ1) is 7.40. The number of thioether (sulfide) groups is 1. The Kier molecular flexibility index (Phi) is 4.03. The van der Waals surface area contributed by atoms with E-state index in [4.69, 9.17) is 0 Å². The zero-order chi connectivity index (χ0) is 10.5. The average molecular weight is 222 g/mol. The Morgan fingerprint density at radius 2 is 2.33 bits per heavy atom. The summed E-state index contributed by atoms with van der Waals surface area (Å²) in [5.74, 6) is 2.58. The lowest BCUT2D eigenvalue weighted by Gasteiger charge is -2.21. The predicted molar refractivity (Wildman–Crippen MR) is 66.1 cm³/mol. The van der Waals surface area contributed by atoms with E-state index in [2.05, 4.69) is 41.1 Å². The molecule has 1 aliphatic rings. The van der Waals surface area contributed by atoms with E-state index >= 15 is 0 Å². The van der Waals surface area contributed by atoms with E-state index in [9.17, 15) is 0 Å². The highest BCUT2D eigenvalue weighted by Gasteiger charge is 2.19. The maximum Gasteiger partial charge on any atom is 0.0321 e. The van der Waals surface area contributed by atoms with Crippen LogP contribution in [0.15, 0.2) is 24.5 Å². The fourth-order valence-corrected chi connectivity index (χ4v) is 3.16. The van der Waals surface area contributed by atoms with Gasteiger partial charge in [0.15, 0.2) is 0 Å². The Balaban J connectivity index is 1.97. The van der Waals surface area contributed by atoms with Gasteiger partial charge in [0.25, 0.3) is 0 Å². The standard InChI is InChI=1S/C12H18N2S/c1-2-12(10-3-6-13-7-4-10)14-11-5-8-15-9-11/h3-4,6-7,11-12,14H,2,5,8-9H2,1H3. The van der Waals surface area contributed by atoms with Crippen LogP contribution in [0.3, 0.4) is 0 Å². The number of pyridine rings is 1. The Morgan fingerprint density at radius 1 is 1.53 bits per heavy atom.